The van der Waals surface area contributed by atoms with E-state index in [9.17, 15) is 0 Å². The van der Waals surface area contributed by atoms with Gasteiger partial charge < -0.3 is 4.52 Å². The van der Waals surface area contributed by atoms with Gasteiger partial charge in [-0.3, -0.25) is 4.52 Å². The van der Waals surface area contributed by atoms with Gasteiger partial charge in [-0.1, -0.05) is 6.30 Å². The highest BCUT2D eigenvalue weighted by Crippen LogP contribution is 2.56. The van der Waals surface area contributed by atoms with E-state index in [1.165, 1.54) is 0 Å². The van der Waals surface area contributed by atoms with E-state index >= 15 is 0 Å². The van der Waals surface area contributed by atoms with E-state index in [1.54, 1.807) is 14.2 Å². The van der Waals surface area contributed by atoms with Crippen LogP contribution in [0.2, 0.25) is 0 Å². The summed E-state index contributed by atoms with van der Waals surface area (Å²) in [7, 11) is 0.707. The molecule has 2 nitrogen and oxygen atoms in total. The Morgan fingerprint density at radius 3 is 2.33 bits per heavy atom. The summed E-state index contributed by atoms with van der Waals surface area (Å²) in [6.07, 6.45) is 6.06. The van der Waals surface area contributed by atoms with E-state index in [0.717, 1.165) is 12.3 Å². The lowest BCUT2D eigenvalue weighted by Gasteiger charge is -2.25. The Morgan fingerprint density at radius 1 is 1.50 bits per heavy atom. The molecule has 12 heavy (non-hydrogen) atoms. The summed E-state index contributed by atoms with van der Waals surface area (Å²) in [5.41, 5.74) is 0. The lowest BCUT2D eigenvalue weighted by atomic mass is 11.0. The van der Waals surface area contributed by atoms with Crippen LogP contribution in [0.3, 0.4) is 0 Å². The van der Waals surface area contributed by atoms with Crippen LogP contribution in [0, 0.1) is 6.66 Å². The molecule has 2 atom stereocenters. The topological polar surface area (TPSA) is 18.5 Å². The molecule has 0 rings (SSSR count). The van der Waals surface area contributed by atoms with E-state index in [2.05, 4.69) is 26.3 Å². The Hall–Kier alpha value is 0.650. The van der Waals surface area contributed by atoms with Gasteiger partial charge in [0.15, 0.2) is 0 Å². The lowest BCUT2D eigenvalue weighted by Crippen LogP contribution is -2.02. The van der Waals surface area contributed by atoms with E-state index in [0.29, 0.717) is 0 Å². The largest absolute Gasteiger partial charge is 0.365 e. The number of hydrogen-bond acceptors (Lipinski definition) is 2. The summed E-state index contributed by atoms with van der Waals surface area (Å²) in [6, 6.07) is 0. The van der Waals surface area contributed by atoms with Gasteiger partial charge in [0.2, 0.25) is 0 Å². The van der Waals surface area contributed by atoms with Crippen molar-refractivity contribution < 1.29 is 9.05 Å². The van der Waals surface area contributed by atoms with Gasteiger partial charge in [-0.2, -0.15) is 6.66 Å². The van der Waals surface area contributed by atoms with Crippen LogP contribution in [0.15, 0.2) is 0 Å². The summed E-state index contributed by atoms with van der Waals surface area (Å²) in [4.78, 5) is 0. The van der Waals surface area contributed by atoms with E-state index < -0.39 is 14.6 Å². The minimum Gasteiger partial charge on any atom is -0.365 e. The molecule has 74 valence electrons. The van der Waals surface area contributed by atoms with Crippen molar-refractivity contribution in [2.24, 2.45) is 0 Å². The second kappa shape index (κ2) is 4.77. The average molecular weight is 210 g/mol. The molecule has 0 fully saturated rings. The van der Waals surface area contributed by atoms with Crippen molar-refractivity contribution in [1.82, 2.24) is 0 Å². The summed E-state index contributed by atoms with van der Waals surface area (Å²) >= 11 is 0. The predicted octanol–water partition coefficient (Wildman–Crippen LogP) is 2.63. The van der Waals surface area contributed by atoms with Crippen LogP contribution in [0.4, 0.5) is 0 Å². The van der Waals surface area contributed by atoms with Gasteiger partial charge in [-0.25, -0.2) is 0 Å². The van der Waals surface area contributed by atoms with Gasteiger partial charge in [0.1, 0.15) is 0 Å². The summed E-state index contributed by atoms with van der Waals surface area (Å²) in [5, 5.41) is 0. The van der Waals surface area contributed by atoms with Crippen molar-refractivity contribution in [3.63, 3.8) is 0 Å². The van der Waals surface area contributed by atoms with Gasteiger partial charge >= 0.3 is 0 Å². The zero-order valence-electron chi connectivity index (χ0n) is 8.54. The smallest absolute Gasteiger partial charge is 0.0758 e. The molecule has 0 saturated carbocycles. The molecule has 0 aromatic carbocycles. The second-order valence-electron chi connectivity index (χ2n) is 3.41. The summed E-state index contributed by atoms with van der Waals surface area (Å²) in [6.45, 7) is 8.22. The number of rotatable bonds is 5. The summed E-state index contributed by atoms with van der Waals surface area (Å²) < 4.78 is 10.6. The van der Waals surface area contributed by atoms with Gasteiger partial charge in [0, 0.05) is 34.5 Å². The molecule has 0 aliphatic carbocycles. The predicted molar refractivity (Wildman–Crippen MR) is 61.9 cm³/mol. The van der Waals surface area contributed by atoms with Gasteiger partial charge in [0.05, 0.1) is 13.3 Å². The van der Waals surface area contributed by atoms with Crippen LogP contribution in [0.5, 0.6) is 0 Å². The zero-order chi connectivity index (χ0) is 9.83. The van der Waals surface area contributed by atoms with Crippen LogP contribution < -0.4 is 0 Å². The normalized spacial score (nSPS) is 21.4. The first kappa shape index (κ1) is 12.7. The van der Waals surface area contributed by atoms with Crippen molar-refractivity contribution in [1.29, 1.82) is 0 Å². The molecule has 0 amide bonds. The average Bonchev–Trinajstić information content (AvgIpc) is 2.02. The van der Waals surface area contributed by atoms with Gasteiger partial charge in [0.25, 0.3) is 0 Å². The van der Waals surface area contributed by atoms with E-state index in [4.69, 9.17) is 9.05 Å². The highest BCUT2D eigenvalue weighted by molar-refractivity contribution is 7.74. The summed E-state index contributed by atoms with van der Waals surface area (Å²) in [5.74, 6) is 0. The third-order valence-corrected chi connectivity index (χ3v) is 6.38. The zero-order valence-corrected chi connectivity index (χ0v) is 10.3. The molecular weight excluding hydrogens is 190 g/mol. The van der Waals surface area contributed by atoms with Crippen molar-refractivity contribution in [3.05, 3.63) is 6.66 Å². The maximum Gasteiger partial charge on any atom is 0.0758 e. The third-order valence-electron chi connectivity index (χ3n) is 1.93. The molecule has 0 spiro atoms. The van der Waals surface area contributed by atoms with Gasteiger partial charge in [-0.05, 0) is 6.66 Å². The Labute approximate surface area is 77.1 Å². The van der Waals surface area contributed by atoms with Crippen LogP contribution in [-0.4, -0.2) is 46.2 Å². The second-order valence-corrected chi connectivity index (χ2v) is 10.2. The Kier molecular flexibility index (Phi) is 5.02. The molecule has 4 heteroatoms. The Bertz CT molecular complexity index is 178. The Balaban J connectivity index is 3.91. The minimum atomic E-state index is -1.38. The molecule has 0 bridgehead atoms. The SMILES string of the molecule is C=P(C)(CC[P+]([CH2-])(C)OC)OC. The van der Waals surface area contributed by atoms with Crippen LogP contribution >= 0.6 is 14.6 Å². The fourth-order valence-corrected chi connectivity index (χ4v) is 4.36. The molecule has 0 heterocycles. The maximum absolute atomic E-state index is 5.31. The molecule has 0 N–H and O–H groups in total. The van der Waals surface area contributed by atoms with Crippen molar-refractivity contribution in [2.45, 2.75) is 0 Å². The molecule has 2 unspecified atom stereocenters. The Morgan fingerprint density at radius 2 is 2.00 bits per heavy atom. The first-order chi connectivity index (χ1) is 5.33. The first-order valence-corrected chi connectivity index (χ1v) is 8.89. The molecule has 0 radical (unpaired) electrons. The van der Waals surface area contributed by atoms with Crippen molar-refractivity contribution in [2.75, 3.05) is 39.9 Å². The molecule has 0 aliphatic heterocycles. The molecule has 0 aliphatic rings. The maximum atomic E-state index is 5.31. The monoisotopic (exact) mass is 210 g/mol. The number of hydrogen-bond donors (Lipinski definition) is 0. The minimum absolute atomic E-state index is 1.01. The molecule has 0 aromatic heterocycles. The van der Waals surface area contributed by atoms with Crippen molar-refractivity contribution >= 4 is 20.9 Å². The first-order valence-electron chi connectivity index (χ1n) is 3.84. The molecule has 0 saturated heterocycles. The molecular formula is C8H20O2P2. The van der Waals surface area contributed by atoms with Crippen LogP contribution in [0.25, 0.3) is 0 Å². The highest BCUT2D eigenvalue weighted by Gasteiger charge is 2.19. The third kappa shape index (κ3) is 5.32. The van der Waals surface area contributed by atoms with Crippen LogP contribution in [-0.2, 0) is 9.05 Å². The van der Waals surface area contributed by atoms with Gasteiger partial charge in [-0.15, -0.1) is 0 Å². The van der Waals surface area contributed by atoms with E-state index in [1.807, 2.05) is 0 Å². The fourth-order valence-electron chi connectivity index (χ4n) is 0.606. The fraction of sp³-hybridized carbons (Fsp3) is 0.750. The highest BCUT2D eigenvalue weighted by atomic mass is 31.2. The quantitative estimate of drug-likeness (QED) is 0.513. The van der Waals surface area contributed by atoms with E-state index in [-0.39, 0.29) is 0 Å². The lowest BCUT2D eigenvalue weighted by molar-refractivity contribution is 0.451. The van der Waals surface area contributed by atoms with Crippen LogP contribution in [0.1, 0.15) is 0 Å². The standard InChI is InChI=1S/C8H20O2P2/c1-9-11(3,4)7-8-12(5,6)10-2/h3,5,7-8H2,1-2,4,6H3. The van der Waals surface area contributed by atoms with Crippen molar-refractivity contribution in [3.8, 4) is 0 Å². The molecule has 0 aromatic rings.